The van der Waals surface area contributed by atoms with Crippen molar-refractivity contribution >= 4 is 39.1 Å². The highest BCUT2D eigenvalue weighted by Gasteiger charge is 2.32. The number of nitrogens with zero attached hydrogens (tertiary/aromatic N) is 2. The standard InChI is InChI=1S/C16H23N3OS2/c1-5-16(4)6-10-11(7-20-16)22-14-12(10)13(17)18-15(19-14)21-8-9(2)3/h9H,5-8H2,1-4H3,(H2,17,18,19). The van der Waals surface area contributed by atoms with E-state index in [-0.39, 0.29) is 5.60 Å². The van der Waals surface area contributed by atoms with Gasteiger partial charge in [0.25, 0.3) is 0 Å². The summed E-state index contributed by atoms with van der Waals surface area (Å²) >= 11 is 3.39. The molecule has 1 atom stereocenters. The molecule has 2 N–H and O–H groups in total. The molecule has 4 nitrogen and oxygen atoms in total. The minimum absolute atomic E-state index is 0.0987. The van der Waals surface area contributed by atoms with Crippen molar-refractivity contribution < 1.29 is 4.74 Å². The van der Waals surface area contributed by atoms with Gasteiger partial charge in [-0.25, -0.2) is 9.97 Å². The molecule has 0 aliphatic carbocycles. The van der Waals surface area contributed by atoms with E-state index in [4.69, 9.17) is 15.5 Å². The van der Waals surface area contributed by atoms with Gasteiger partial charge < -0.3 is 10.5 Å². The third-order valence-electron chi connectivity index (χ3n) is 4.14. The van der Waals surface area contributed by atoms with Crippen molar-refractivity contribution in [3.05, 3.63) is 10.4 Å². The van der Waals surface area contributed by atoms with Gasteiger partial charge in [-0.2, -0.15) is 0 Å². The number of ether oxygens (including phenoxy) is 1. The lowest BCUT2D eigenvalue weighted by Gasteiger charge is -2.33. The minimum Gasteiger partial charge on any atom is -0.383 e. The first-order valence-electron chi connectivity index (χ1n) is 7.76. The number of hydrogen-bond donors (Lipinski definition) is 1. The summed E-state index contributed by atoms with van der Waals surface area (Å²) in [4.78, 5) is 11.5. The van der Waals surface area contributed by atoms with Gasteiger partial charge in [0.1, 0.15) is 10.6 Å². The first-order valence-corrected chi connectivity index (χ1v) is 9.56. The largest absolute Gasteiger partial charge is 0.383 e. The number of nitrogen functional groups attached to an aromatic ring is 1. The summed E-state index contributed by atoms with van der Waals surface area (Å²) in [5, 5.41) is 1.84. The van der Waals surface area contributed by atoms with Crippen LogP contribution in [0.1, 0.15) is 44.6 Å². The molecule has 0 bridgehead atoms. The molecule has 0 saturated heterocycles. The average molecular weight is 338 g/mol. The second kappa shape index (κ2) is 5.98. The van der Waals surface area contributed by atoms with E-state index in [2.05, 4.69) is 32.7 Å². The van der Waals surface area contributed by atoms with E-state index in [9.17, 15) is 0 Å². The van der Waals surface area contributed by atoms with Crippen LogP contribution in [-0.2, 0) is 17.8 Å². The van der Waals surface area contributed by atoms with E-state index < -0.39 is 0 Å². The first-order chi connectivity index (χ1) is 10.4. The molecular formula is C16H23N3OS2. The van der Waals surface area contributed by atoms with E-state index in [0.717, 1.165) is 34.0 Å². The zero-order chi connectivity index (χ0) is 15.9. The number of thiophene rings is 1. The predicted octanol–water partition coefficient (Wildman–Crippen LogP) is 4.26. The molecule has 0 radical (unpaired) electrons. The van der Waals surface area contributed by atoms with E-state index in [0.29, 0.717) is 18.3 Å². The Kier molecular flexibility index (Phi) is 4.36. The van der Waals surface area contributed by atoms with Crippen molar-refractivity contribution in [1.82, 2.24) is 9.97 Å². The lowest BCUT2D eigenvalue weighted by Crippen LogP contribution is -2.33. The molecule has 22 heavy (non-hydrogen) atoms. The van der Waals surface area contributed by atoms with Crippen LogP contribution in [0, 0.1) is 5.92 Å². The lowest BCUT2D eigenvalue weighted by molar-refractivity contribution is -0.0542. The third kappa shape index (κ3) is 2.96. The molecule has 0 aromatic carbocycles. The summed E-state index contributed by atoms with van der Waals surface area (Å²) < 4.78 is 6.04. The van der Waals surface area contributed by atoms with Crippen molar-refractivity contribution in [2.75, 3.05) is 11.5 Å². The highest BCUT2D eigenvalue weighted by atomic mass is 32.2. The van der Waals surface area contributed by atoms with Gasteiger partial charge in [0.15, 0.2) is 5.16 Å². The van der Waals surface area contributed by atoms with Crippen LogP contribution in [0.5, 0.6) is 0 Å². The Balaban J connectivity index is 2.00. The maximum absolute atomic E-state index is 6.26. The summed E-state index contributed by atoms with van der Waals surface area (Å²) in [6, 6.07) is 0. The highest BCUT2D eigenvalue weighted by Crippen LogP contribution is 2.41. The Morgan fingerprint density at radius 1 is 1.41 bits per heavy atom. The van der Waals surface area contributed by atoms with Gasteiger partial charge in [0.05, 0.1) is 17.6 Å². The van der Waals surface area contributed by atoms with Gasteiger partial charge in [-0.15, -0.1) is 11.3 Å². The van der Waals surface area contributed by atoms with E-state index in [1.165, 1.54) is 10.4 Å². The third-order valence-corrected chi connectivity index (χ3v) is 6.51. The van der Waals surface area contributed by atoms with Crippen LogP contribution in [0.2, 0.25) is 0 Å². The van der Waals surface area contributed by atoms with Crippen molar-refractivity contribution in [3.63, 3.8) is 0 Å². The van der Waals surface area contributed by atoms with Crippen LogP contribution in [0.4, 0.5) is 5.82 Å². The quantitative estimate of drug-likeness (QED) is 0.667. The molecule has 0 saturated carbocycles. The molecular weight excluding hydrogens is 314 g/mol. The Morgan fingerprint density at radius 3 is 2.86 bits per heavy atom. The monoisotopic (exact) mass is 337 g/mol. The van der Waals surface area contributed by atoms with Crippen LogP contribution in [0.3, 0.4) is 0 Å². The SMILES string of the molecule is CCC1(C)Cc2c(sc3nc(SCC(C)C)nc(N)c23)CO1. The summed E-state index contributed by atoms with van der Waals surface area (Å²) in [6.45, 7) is 9.39. The average Bonchev–Trinajstić information content (AvgIpc) is 2.83. The Labute approximate surface area is 139 Å². The van der Waals surface area contributed by atoms with Crippen molar-refractivity contribution in [3.8, 4) is 0 Å². The van der Waals surface area contributed by atoms with Crippen LogP contribution in [-0.4, -0.2) is 21.3 Å². The topological polar surface area (TPSA) is 61.0 Å². The highest BCUT2D eigenvalue weighted by molar-refractivity contribution is 7.99. The van der Waals surface area contributed by atoms with Gasteiger partial charge in [-0.05, 0) is 24.8 Å². The minimum atomic E-state index is -0.0987. The second-order valence-corrected chi connectivity index (χ2v) is 8.62. The van der Waals surface area contributed by atoms with Crippen molar-refractivity contribution in [1.29, 1.82) is 0 Å². The molecule has 3 heterocycles. The maximum Gasteiger partial charge on any atom is 0.190 e. The molecule has 0 amide bonds. The predicted molar refractivity (Wildman–Crippen MR) is 94.6 cm³/mol. The maximum atomic E-state index is 6.26. The summed E-state index contributed by atoms with van der Waals surface area (Å²) in [5.41, 5.74) is 7.46. The fourth-order valence-electron chi connectivity index (χ4n) is 2.61. The smallest absolute Gasteiger partial charge is 0.190 e. The summed E-state index contributed by atoms with van der Waals surface area (Å²) in [5.74, 6) is 2.24. The van der Waals surface area contributed by atoms with Gasteiger partial charge in [-0.3, -0.25) is 0 Å². The van der Waals surface area contributed by atoms with Gasteiger partial charge in [-0.1, -0.05) is 32.5 Å². The number of thioether (sulfide) groups is 1. The summed E-state index contributed by atoms with van der Waals surface area (Å²) in [7, 11) is 0. The zero-order valence-corrected chi connectivity index (χ0v) is 15.2. The van der Waals surface area contributed by atoms with Gasteiger partial charge in [0.2, 0.25) is 0 Å². The molecule has 120 valence electrons. The number of fused-ring (bicyclic) bond motifs is 3. The zero-order valence-electron chi connectivity index (χ0n) is 13.6. The number of rotatable bonds is 4. The number of hydrogen-bond acceptors (Lipinski definition) is 6. The van der Waals surface area contributed by atoms with E-state index >= 15 is 0 Å². The number of nitrogens with two attached hydrogens (primary N) is 1. The molecule has 1 aliphatic heterocycles. The van der Waals surface area contributed by atoms with Gasteiger partial charge >= 0.3 is 0 Å². The number of anilines is 1. The molecule has 1 unspecified atom stereocenters. The fourth-order valence-corrected chi connectivity index (χ4v) is 4.58. The van der Waals surface area contributed by atoms with Crippen LogP contribution < -0.4 is 5.73 Å². The van der Waals surface area contributed by atoms with Crippen molar-refractivity contribution in [2.24, 2.45) is 5.92 Å². The molecule has 2 aromatic heterocycles. The summed E-state index contributed by atoms with van der Waals surface area (Å²) in [6.07, 6.45) is 1.89. The van der Waals surface area contributed by atoms with Crippen LogP contribution in [0.15, 0.2) is 5.16 Å². The first kappa shape index (κ1) is 16.0. The fraction of sp³-hybridized carbons (Fsp3) is 0.625. The molecule has 1 aliphatic rings. The normalized spacial score (nSPS) is 21.5. The second-order valence-electron chi connectivity index (χ2n) is 6.55. The van der Waals surface area contributed by atoms with Crippen LogP contribution in [0.25, 0.3) is 10.2 Å². The lowest BCUT2D eigenvalue weighted by atomic mass is 9.90. The molecule has 6 heteroatoms. The Bertz CT molecular complexity index is 698. The molecule has 0 spiro atoms. The Hall–Kier alpha value is -0.850. The Morgan fingerprint density at radius 2 is 2.18 bits per heavy atom. The molecule has 2 aromatic rings. The van der Waals surface area contributed by atoms with E-state index in [1.807, 2.05) is 0 Å². The number of aromatic nitrogens is 2. The van der Waals surface area contributed by atoms with Crippen molar-refractivity contribution in [2.45, 2.75) is 57.9 Å². The van der Waals surface area contributed by atoms with Crippen LogP contribution >= 0.6 is 23.1 Å². The molecule has 3 rings (SSSR count). The molecule has 0 fully saturated rings. The van der Waals surface area contributed by atoms with Gasteiger partial charge in [0, 0.05) is 17.1 Å². The van der Waals surface area contributed by atoms with E-state index in [1.54, 1.807) is 23.1 Å².